The molecule has 7 nitrogen and oxygen atoms in total. The standard InChI is InChI=1S/C16H17N3O4/c1-23-13-10-19(11-6-3-2-4-7-11)17-14(13)15(20)18-9-5-8-12(18)16(21)22/h2-4,6-7,10,12H,5,8-9H2,1H3,(H,21,22)/t12-/m0/s1. The van der Waals surface area contributed by atoms with Crippen molar-refractivity contribution in [1.82, 2.24) is 14.7 Å². The molecule has 23 heavy (non-hydrogen) atoms. The SMILES string of the molecule is COc1cn(-c2ccccc2)nc1C(=O)N1CCC[C@H]1C(=O)O. The van der Waals surface area contributed by atoms with E-state index in [4.69, 9.17) is 4.74 Å². The molecular weight excluding hydrogens is 298 g/mol. The number of methoxy groups -OCH3 is 1. The van der Waals surface area contributed by atoms with Crippen molar-refractivity contribution in [2.75, 3.05) is 13.7 Å². The monoisotopic (exact) mass is 315 g/mol. The summed E-state index contributed by atoms with van der Waals surface area (Å²) in [6.07, 6.45) is 2.75. The Labute approximate surface area is 133 Å². The number of carboxylic acid groups (broad SMARTS) is 1. The van der Waals surface area contributed by atoms with Gasteiger partial charge in [0, 0.05) is 6.54 Å². The molecule has 1 aromatic carbocycles. The Kier molecular flexibility index (Phi) is 4.01. The van der Waals surface area contributed by atoms with Crippen LogP contribution in [0.25, 0.3) is 5.69 Å². The minimum atomic E-state index is -0.989. The molecule has 1 atom stereocenters. The second-order valence-electron chi connectivity index (χ2n) is 5.32. The number of aromatic nitrogens is 2. The van der Waals surface area contributed by atoms with Crippen molar-refractivity contribution in [2.24, 2.45) is 0 Å². The van der Waals surface area contributed by atoms with Crippen molar-refractivity contribution in [3.05, 3.63) is 42.2 Å². The molecular formula is C16H17N3O4. The van der Waals surface area contributed by atoms with Crippen LogP contribution in [-0.4, -0.2) is 51.4 Å². The van der Waals surface area contributed by atoms with Crippen molar-refractivity contribution in [3.8, 4) is 11.4 Å². The molecule has 1 aliphatic rings. The third-order valence-corrected chi connectivity index (χ3v) is 3.92. The Morgan fingerprint density at radius 3 is 2.70 bits per heavy atom. The molecule has 2 aromatic rings. The van der Waals surface area contributed by atoms with Crippen LogP contribution >= 0.6 is 0 Å². The number of hydrogen-bond donors (Lipinski definition) is 1. The molecule has 0 unspecified atom stereocenters. The third-order valence-electron chi connectivity index (χ3n) is 3.92. The van der Waals surface area contributed by atoms with Gasteiger partial charge in [-0.25, -0.2) is 9.48 Å². The molecule has 1 aliphatic heterocycles. The fraction of sp³-hybridized carbons (Fsp3) is 0.312. The first-order chi connectivity index (χ1) is 11.1. The zero-order valence-corrected chi connectivity index (χ0v) is 12.7. The van der Waals surface area contributed by atoms with Crippen LogP contribution in [0.1, 0.15) is 23.3 Å². The lowest BCUT2D eigenvalue weighted by molar-refractivity contribution is -0.141. The number of ether oxygens (including phenoxy) is 1. The van der Waals surface area contributed by atoms with Gasteiger partial charge in [0.25, 0.3) is 5.91 Å². The lowest BCUT2D eigenvalue weighted by Gasteiger charge is -2.20. The van der Waals surface area contributed by atoms with E-state index in [1.54, 1.807) is 10.9 Å². The number of likely N-dealkylation sites (tertiary alicyclic amines) is 1. The van der Waals surface area contributed by atoms with Gasteiger partial charge >= 0.3 is 5.97 Å². The van der Waals surface area contributed by atoms with Gasteiger partial charge in [-0.1, -0.05) is 18.2 Å². The molecule has 1 N–H and O–H groups in total. The van der Waals surface area contributed by atoms with E-state index < -0.39 is 17.9 Å². The summed E-state index contributed by atoms with van der Waals surface area (Å²) >= 11 is 0. The van der Waals surface area contributed by atoms with E-state index in [-0.39, 0.29) is 5.69 Å². The van der Waals surface area contributed by atoms with Crippen LogP contribution in [0.15, 0.2) is 36.5 Å². The van der Waals surface area contributed by atoms with E-state index in [1.807, 2.05) is 30.3 Å². The summed E-state index contributed by atoms with van der Waals surface area (Å²) in [4.78, 5) is 25.3. The molecule has 1 amide bonds. The van der Waals surface area contributed by atoms with Gasteiger partial charge in [-0.15, -0.1) is 0 Å². The highest BCUT2D eigenvalue weighted by molar-refractivity contribution is 5.97. The van der Waals surface area contributed by atoms with Gasteiger partial charge in [-0.2, -0.15) is 5.10 Å². The molecule has 3 rings (SSSR count). The summed E-state index contributed by atoms with van der Waals surface area (Å²) in [5, 5.41) is 13.5. The normalized spacial score (nSPS) is 17.3. The first kappa shape index (κ1) is 15.1. The van der Waals surface area contributed by atoms with Crippen molar-refractivity contribution in [1.29, 1.82) is 0 Å². The zero-order valence-electron chi connectivity index (χ0n) is 12.7. The highest BCUT2D eigenvalue weighted by atomic mass is 16.5. The fourth-order valence-corrected chi connectivity index (χ4v) is 2.77. The Balaban J connectivity index is 1.94. The summed E-state index contributed by atoms with van der Waals surface area (Å²) < 4.78 is 6.80. The van der Waals surface area contributed by atoms with Crippen molar-refractivity contribution in [2.45, 2.75) is 18.9 Å². The number of para-hydroxylation sites is 1. The lowest BCUT2D eigenvalue weighted by Crippen LogP contribution is -2.40. The zero-order chi connectivity index (χ0) is 16.4. The van der Waals surface area contributed by atoms with E-state index in [1.165, 1.54) is 12.0 Å². The minimum absolute atomic E-state index is 0.129. The van der Waals surface area contributed by atoms with E-state index in [0.29, 0.717) is 25.1 Å². The number of carbonyl (C=O) groups is 2. The number of rotatable bonds is 4. The van der Waals surface area contributed by atoms with Crippen LogP contribution in [0.5, 0.6) is 5.75 Å². The quantitative estimate of drug-likeness (QED) is 0.926. The summed E-state index contributed by atoms with van der Waals surface area (Å²) in [5.74, 6) is -1.08. The predicted molar refractivity (Wildman–Crippen MR) is 81.8 cm³/mol. The molecule has 7 heteroatoms. The van der Waals surface area contributed by atoms with Crippen molar-refractivity contribution < 1.29 is 19.4 Å². The molecule has 0 radical (unpaired) electrons. The van der Waals surface area contributed by atoms with Gasteiger partial charge in [0.2, 0.25) is 0 Å². The average molecular weight is 315 g/mol. The van der Waals surface area contributed by atoms with E-state index in [0.717, 1.165) is 5.69 Å². The van der Waals surface area contributed by atoms with E-state index in [9.17, 15) is 14.7 Å². The molecule has 1 aromatic heterocycles. The summed E-state index contributed by atoms with van der Waals surface area (Å²) in [6.45, 7) is 0.414. The molecule has 0 aliphatic carbocycles. The third kappa shape index (κ3) is 2.77. The minimum Gasteiger partial charge on any atom is -0.493 e. The highest BCUT2D eigenvalue weighted by Gasteiger charge is 2.36. The number of aliphatic carboxylic acids is 1. The topological polar surface area (TPSA) is 84.7 Å². The molecule has 1 fully saturated rings. The maximum absolute atomic E-state index is 12.7. The highest BCUT2D eigenvalue weighted by Crippen LogP contribution is 2.25. The first-order valence-corrected chi connectivity index (χ1v) is 7.34. The maximum atomic E-state index is 12.7. The van der Waals surface area contributed by atoms with Crippen molar-refractivity contribution >= 4 is 11.9 Å². The Morgan fingerprint density at radius 2 is 2.04 bits per heavy atom. The van der Waals surface area contributed by atoms with Gasteiger partial charge in [0.1, 0.15) is 6.04 Å². The number of nitrogens with zero attached hydrogens (tertiary/aromatic N) is 3. The first-order valence-electron chi connectivity index (χ1n) is 7.34. The summed E-state index contributed by atoms with van der Waals surface area (Å²) in [6, 6.07) is 8.54. The van der Waals surface area contributed by atoms with Crippen molar-refractivity contribution in [3.63, 3.8) is 0 Å². The molecule has 2 heterocycles. The van der Waals surface area contributed by atoms with Gasteiger partial charge < -0.3 is 14.7 Å². The molecule has 0 spiro atoms. The molecule has 120 valence electrons. The average Bonchev–Trinajstić information content (AvgIpc) is 3.22. The molecule has 1 saturated heterocycles. The predicted octanol–water partition coefficient (Wildman–Crippen LogP) is 1.57. The van der Waals surface area contributed by atoms with Gasteiger partial charge in [-0.05, 0) is 25.0 Å². The smallest absolute Gasteiger partial charge is 0.326 e. The lowest BCUT2D eigenvalue weighted by atomic mass is 10.2. The van der Waals surface area contributed by atoms with Gasteiger partial charge in [-0.3, -0.25) is 4.79 Å². The largest absolute Gasteiger partial charge is 0.493 e. The fourth-order valence-electron chi connectivity index (χ4n) is 2.77. The second-order valence-corrected chi connectivity index (χ2v) is 5.32. The van der Waals surface area contributed by atoms with E-state index in [2.05, 4.69) is 5.10 Å². The van der Waals surface area contributed by atoms with Gasteiger partial charge in [0.05, 0.1) is 19.0 Å². The number of hydrogen-bond acceptors (Lipinski definition) is 4. The van der Waals surface area contributed by atoms with Crippen LogP contribution in [0.4, 0.5) is 0 Å². The Bertz CT molecular complexity index is 726. The molecule has 0 bridgehead atoms. The summed E-state index contributed by atoms with van der Waals surface area (Å²) in [7, 11) is 1.46. The number of carbonyl (C=O) groups excluding carboxylic acids is 1. The van der Waals surface area contributed by atoms with Crippen LogP contribution < -0.4 is 4.74 Å². The molecule has 0 saturated carbocycles. The van der Waals surface area contributed by atoms with E-state index >= 15 is 0 Å². The Morgan fingerprint density at radius 1 is 1.30 bits per heavy atom. The maximum Gasteiger partial charge on any atom is 0.326 e. The number of carboxylic acids is 1. The van der Waals surface area contributed by atoms with Gasteiger partial charge in [0.15, 0.2) is 11.4 Å². The summed E-state index contributed by atoms with van der Waals surface area (Å²) in [5.41, 5.74) is 0.922. The van der Waals surface area contributed by atoms with Crippen LogP contribution in [-0.2, 0) is 4.79 Å². The van der Waals surface area contributed by atoms with Crippen LogP contribution in [0.2, 0.25) is 0 Å². The number of benzene rings is 1. The van der Waals surface area contributed by atoms with Crippen LogP contribution in [0.3, 0.4) is 0 Å². The Hall–Kier alpha value is -2.83. The second kappa shape index (κ2) is 6.12. The van der Waals surface area contributed by atoms with Crippen LogP contribution in [0, 0.1) is 0 Å². The number of amides is 1.